The van der Waals surface area contributed by atoms with Crippen LogP contribution in [0.4, 0.5) is 0 Å². The first-order valence-corrected chi connectivity index (χ1v) is 7.93. The summed E-state index contributed by atoms with van der Waals surface area (Å²) in [5, 5.41) is 1.69. The van der Waals surface area contributed by atoms with E-state index in [1.807, 2.05) is 30.3 Å². The van der Waals surface area contributed by atoms with Crippen LogP contribution in [0.2, 0.25) is 0 Å². The molecule has 3 nitrogen and oxygen atoms in total. The Morgan fingerprint density at radius 3 is 2.39 bits per heavy atom. The smallest absolute Gasteiger partial charge is 0.194 e. The molecule has 0 radical (unpaired) electrons. The van der Waals surface area contributed by atoms with Crippen LogP contribution in [0.15, 0.2) is 52.1 Å². The SMILES string of the molecule is O=C(Cc1ccccc1)CS(=O)(=O)c1cccs1. The second-order valence-corrected chi connectivity index (χ2v) is 7.06. The molecule has 0 unspecified atom stereocenters. The average molecular weight is 280 g/mol. The number of ketones is 1. The number of hydrogen-bond donors (Lipinski definition) is 0. The number of hydrogen-bond acceptors (Lipinski definition) is 4. The van der Waals surface area contributed by atoms with Gasteiger partial charge < -0.3 is 0 Å². The highest BCUT2D eigenvalue weighted by molar-refractivity contribution is 7.94. The summed E-state index contributed by atoms with van der Waals surface area (Å²) < 4.78 is 24.0. The molecule has 0 aliphatic rings. The van der Waals surface area contributed by atoms with Gasteiger partial charge >= 0.3 is 0 Å². The zero-order valence-electron chi connectivity index (χ0n) is 9.57. The maximum absolute atomic E-state index is 11.9. The molecular formula is C13H12O3S2. The molecular weight excluding hydrogens is 268 g/mol. The molecule has 0 spiro atoms. The molecule has 0 saturated carbocycles. The second kappa shape index (κ2) is 5.46. The third-order valence-corrected chi connectivity index (χ3v) is 5.56. The Labute approximate surface area is 110 Å². The molecule has 2 rings (SSSR count). The fourth-order valence-corrected chi connectivity index (χ4v) is 3.93. The van der Waals surface area contributed by atoms with E-state index in [4.69, 9.17) is 0 Å². The molecule has 2 aromatic rings. The summed E-state index contributed by atoms with van der Waals surface area (Å²) in [6, 6.07) is 12.3. The Hall–Kier alpha value is -1.46. The largest absolute Gasteiger partial charge is 0.298 e. The van der Waals surface area contributed by atoms with E-state index in [2.05, 4.69) is 0 Å². The first-order chi connectivity index (χ1) is 8.58. The number of carbonyl (C=O) groups excluding carboxylic acids is 1. The summed E-state index contributed by atoms with van der Waals surface area (Å²) in [6.07, 6.45) is 0.158. The fourth-order valence-electron chi connectivity index (χ4n) is 1.60. The number of thiophene rings is 1. The molecule has 0 saturated heterocycles. The molecule has 94 valence electrons. The number of Topliss-reactive ketones (excluding diaryl/α,β-unsaturated/α-hetero) is 1. The molecule has 18 heavy (non-hydrogen) atoms. The molecule has 5 heteroatoms. The Morgan fingerprint density at radius 2 is 1.78 bits per heavy atom. The van der Waals surface area contributed by atoms with Gasteiger partial charge in [0.15, 0.2) is 15.6 Å². The van der Waals surface area contributed by atoms with Crippen LogP contribution in [-0.2, 0) is 21.1 Å². The van der Waals surface area contributed by atoms with Gasteiger partial charge in [-0.2, -0.15) is 0 Å². The third kappa shape index (κ3) is 3.27. The molecule has 1 aromatic carbocycles. The van der Waals surface area contributed by atoms with Gasteiger partial charge in [-0.1, -0.05) is 36.4 Å². The van der Waals surface area contributed by atoms with E-state index in [0.717, 1.165) is 16.9 Å². The van der Waals surface area contributed by atoms with Crippen LogP contribution in [-0.4, -0.2) is 20.0 Å². The van der Waals surface area contributed by atoms with E-state index in [-0.39, 0.29) is 16.4 Å². The monoisotopic (exact) mass is 280 g/mol. The van der Waals surface area contributed by atoms with Crippen molar-refractivity contribution in [2.24, 2.45) is 0 Å². The predicted octanol–water partition coefficient (Wildman–Crippen LogP) is 2.33. The van der Waals surface area contributed by atoms with E-state index >= 15 is 0 Å². The molecule has 0 amide bonds. The van der Waals surface area contributed by atoms with Crippen molar-refractivity contribution in [2.75, 3.05) is 5.75 Å². The summed E-state index contributed by atoms with van der Waals surface area (Å²) in [6.45, 7) is 0. The van der Waals surface area contributed by atoms with Crippen molar-refractivity contribution in [1.82, 2.24) is 0 Å². The van der Waals surface area contributed by atoms with Gasteiger partial charge in [-0.05, 0) is 17.0 Å². The lowest BCUT2D eigenvalue weighted by Gasteiger charge is -2.02. The highest BCUT2D eigenvalue weighted by Gasteiger charge is 2.20. The molecule has 0 aliphatic carbocycles. The molecule has 0 atom stereocenters. The molecule has 0 N–H and O–H groups in total. The average Bonchev–Trinajstić information content (AvgIpc) is 2.83. The number of sulfone groups is 1. The topological polar surface area (TPSA) is 51.2 Å². The van der Waals surface area contributed by atoms with Crippen molar-refractivity contribution in [3.63, 3.8) is 0 Å². The zero-order chi connectivity index (χ0) is 13.0. The predicted molar refractivity (Wildman–Crippen MR) is 71.5 cm³/mol. The van der Waals surface area contributed by atoms with E-state index in [0.29, 0.717) is 0 Å². The van der Waals surface area contributed by atoms with Gasteiger partial charge in [0.25, 0.3) is 0 Å². The zero-order valence-corrected chi connectivity index (χ0v) is 11.2. The van der Waals surface area contributed by atoms with E-state index in [1.54, 1.807) is 11.4 Å². The standard InChI is InChI=1S/C13H12O3S2/c14-12(9-11-5-2-1-3-6-11)10-18(15,16)13-7-4-8-17-13/h1-8H,9-10H2. The Morgan fingerprint density at radius 1 is 1.06 bits per heavy atom. The lowest BCUT2D eigenvalue weighted by Crippen LogP contribution is -2.17. The van der Waals surface area contributed by atoms with Gasteiger partial charge in [0.2, 0.25) is 0 Å². The maximum atomic E-state index is 11.9. The first kappa shape index (κ1) is 13.0. The van der Waals surface area contributed by atoms with Crippen molar-refractivity contribution < 1.29 is 13.2 Å². The minimum absolute atomic E-state index is 0.158. The van der Waals surface area contributed by atoms with Gasteiger partial charge in [0.1, 0.15) is 9.96 Å². The Bertz CT molecular complexity index is 614. The Balaban J connectivity index is 2.05. The quantitative estimate of drug-likeness (QED) is 0.844. The first-order valence-electron chi connectivity index (χ1n) is 5.40. The number of carbonyl (C=O) groups is 1. The van der Waals surface area contributed by atoms with Gasteiger partial charge in [-0.25, -0.2) is 8.42 Å². The second-order valence-electron chi connectivity index (χ2n) is 3.89. The lowest BCUT2D eigenvalue weighted by atomic mass is 10.1. The highest BCUT2D eigenvalue weighted by atomic mass is 32.2. The summed E-state index contributed by atoms with van der Waals surface area (Å²) in [5.74, 6) is -0.711. The van der Waals surface area contributed by atoms with Gasteiger partial charge in [-0.3, -0.25) is 4.79 Å². The minimum atomic E-state index is -3.47. The summed E-state index contributed by atoms with van der Waals surface area (Å²) in [4.78, 5) is 11.7. The van der Waals surface area contributed by atoms with E-state index in [9.17, 15) is 13.2 Å². The molecule has 0 aliphatic heterocycles. The summed E-state index contributed by atoms with van der Waals surface area (Å²) in [7, 11) is -3.47. The van der Waals surface area contributed by atoms with Gasteiger partial charge in [-0.15, -0.1) is 11.3 Å². The van der Waals surface area contributed by atoms with Crippen molar-refractivity contribution in [3.8, 4) is 0 Å². The van der Waals surface area contributed by atoms with Crippen molar-refractivity contribution in [2.45, 2.75) is 10.6 Å². The Kier molecular flexibility index (Phi) is 3.93. The third-order valence-electron chi connectivity index (χ3n) is 2.40. The summed E-state index contributed by atoms with van der Waals surface area (Å²) in [5.41, 5.74) is 0.837. The lowest BCUT2D eigenvalue weighted by molar-refractivity contribution is -0.116. The molecule has 0 bridgehead atoms. The van der Waals surface area contributed by atoms with Crippen LogP contribution in [0.25, 0.3) is 0 Å². The van der Waals surface area contributed by atoms with Crippen LogP contribution in [0.5, 0.6) is 0 Å². The molecule has 1 heterocycles. The number of benzene rings is 1. The maximum Gasteiger partial charge on any atom is 0.194 e. The number of rotatable bonds is 5. The molecule has 1 aromatic heterocycles. The van der Waals surface area contributed by atoms with Gasteiger partial charge in [0, 0.05) is 6.42 Å². The van der Waals surface area contributed by atoms with E-state index < -0.39 is 15.6 Å². The van der Waals surface area contributed by atoms with Crippen LogP contribution >= 0.6 is 11.3 Å². The van der Waals surface area contributed by atoms with Crippen LogP contribution in [0.1, 0.15) is 5.56 Å². The van der Waals surface area contributed by atoms with Crippen LogP contribution in [0, 0.1) is 0 Å². The molecule has 0 fully saturated rings. The van der Waals surface area contributed by atoms with Crippen molar-refractivity contribution in [3.05, 3.63) is 53.4 Å². The minimum Gasteiger partial charge on any atom is -0.298 e. The van der Waals surface area contributed by atoms with Crippen LogP contribution < -0.4 is 0 Å². The summed E-state index contributed by atoms with van der Waals surface area (Å²) >= 11 is 1.14. The van der Waals surface area contributed by atoms with Crippen molar-refractivity contribution >= 4 is 27.0 Å². The normalized spacial score (nSPS) is 11.3. The highest BCUT2D eigenvalue weighted by Crippen LogP contribution is 2.17. The fraction of sp³-hybridized carbons (Fsp3) is 0.154. The van der Waals surface area contributed by atoms with Crippen LogP contribution in [0.3, 0.4) is 0 Å². The van der Waals surface area contributed by atoms with E-state index in [1.165, 1.54) is 6.07 Å². The van der Waals surface area contributed by atoms with Gasteiger partial charge in [0.05, 0.1) is 0 Å². The van der Waals surface area contributed by atoms with Crippen molar-refractivity contribution in [1.29, 1.82) is 0 Å².